The summed E-state index contributed by atoms with van der Waals surface area (Å²) in [7, 11) is 1.70. The number of pyridine rings is 2. The van der Waals surface area contributed by atoms with Crippen LogP contribution in [0.4, 0.5) is 5.82 Å². The zero-order chi connectivity index (χ0) is 23.2. The van der Waals surface area contributed by atoms with Gasteiger partial charge in [0.1, 0.15) is 17.2 Å². The number of hydrogen-bond acceptors (Lipinski definition) is 6. The lowest BCUT2D eigenvalue weighted by Gasteiger charge is -2.30. The molecule has 0 spiro atoms. The summed E-state index contributed by atoms with van der Waals surface area (Å²) in [6.45, 7) is 4.64. The van der Waals surface area contributed by atoms with Crippen molar-refractivity contribution >= 4 is 22.6 Å². The van der Waals surface area contributed by atoms with Crippen LogP contribution in [-0.2, 0) is 19.9 Å². The van der Waals surface area contributed by atoms with Gasteiger partial charge in [-0.3, -0.25) is 4.79 Å². The van der Waals surface area contributed by atoms with Crippen molar-refractivity contribution in [3.63, 3.8) is 0 Å². The SMILES string of the molecule is COC1(c2cc(C)cc(-n3cc([C@H]4C[C@@H](C#N)C4)c4cnc(NC(C)=O)cc43)n2)CCOC1. The predicted molar refractivity (Wildman–Crippen MR) is 123 cm³/mol. The number of nitrogens with one attached hydrogen (secondary N) is 1. The molecule has 5 rings (SSSR count). The smallest absolute Gasteiger partial charge is 0.222 e. The third-order valence-electron chi connectivity index (χ3n) is 6.83. The summed E-state index contributed by atoms with van der Waals surface area (Å²) in [6.07, 6.45) is 6.37. The van der Waals surface area contributed by atoms with Crippen molar-refractivity contribution in [1.82, 2.24) is 14.5 Å². The van der Waals surface area contributed by atoms with Crippen molar-refractivity contribution in [2.24, 2.45) is 5.92 Å². The van der Waals surface area contributed by atoms with Crippen LogP contribution in [0.2, 0.25) is 0 Å². The first-order valence-electron chi connectivity index (χ1n) is 11.2. The van der Waals surface area contributed by atoms with Gasteiger partial charge in [-0.1, -0.05) is 0 Å². The van der Waals surface area contributed by atoms with Crippen molar-refractivity contribution in [1.29, 1.82) is 5.26 Å². The molecule has 0 radical (unpaired) electrons. The number of aryl methyl sites for hydroxylation is 1. The normalized spacial score (nSPS) is 24.4. The van der Waals surface area contributed by atoms with Crippen molar-refractivity contribution < 1.29 is 14.3 Å². The third kappa shape index (κ3) is 3.77. The highest BCUT2D eigenvalue weighted by Gasteiger charge is 2.39. The maximum atomic E-state index is 11.6. The van der Waals surface area contributed by atoms with E-state index in [9.17, 15) is 10.1 Å². The van der Waals surface area contributed by atoms with Gasteiger partial charge in [0.15, 0.2) is 0 Å². The zero-order valence-corrected chi connectivity index (χ0v) is 19.1. The molecule has 8 heteroatoms. The molecule has 2 fully saturated rings. The second-order valence-corrected chi connectivity index (χ2v) is 9.11. The van der Waals surface area contributed by atoms with Crippen LogP contribution in [0, 0.1) is 24.2 Å². The van der Waals surface area contributed by atoms with Gasteiger partial charge in [0.05, 0.1) is 23.9 Å². The van der Waals surface area contributed by atoms with Gasteiger partial charge >= 0.3 is 0 Å². The molecule has 8 nitrogen and oxygen atoms in total. The highest BCUT2D eigenvalue weighted by molar-refractivity contribution is 5.92. The number of ether oxygens (including phenoxy) is 2. The number of aromatic nitrogens is 3. The Labute approximate surface area is 192 Å². The Balaban J connectivity index is 1.65. The van der Waals surface area contributed by atoms with Crippen molar-refractivity contribution in [2.75, 3.05) is 25.6 Å². The number of carbonyl (C=O) groups is 1. The van der Waals surface area contributed by atoms with Crippen LogP contribution in [0.5, 0.6) is 0 Å². The first kappa shape index (κ1) is 21.6. The summed E-state index contributed by atoms with van der Waals surface area (Å²) in [5.74, 6) is 1.52. The van der Waals surface area contributed by atoms with Gasteiger partial charge in [-0.15, -0.1) is 0 Å². The van der Waals surface area contributed by atoms with E-state index in [1.54, 1.807) is 7.11 Å². The molecule has 3 aromatic heterocycles. The van der Waals surface area contributed by atoms with E-state index >= 15 is 0 Å². The minimum absolute atomic E-state index is 0.104. The average molecular weight is 446 g/mol. The summed E-state index contributed by atoms with van der Waals surface area (Å²) < 4.78 is 13.6. The monoisotopic (exact) mass is 445 g/mol. The van der Waals surface area contributed by atoms with Crippen LogP contribution >= 0.6 is 0 Å². The molecule has 170 valence electrons. The molecule has 0 aromatic carbocycles. The molecule has 1 saturated heterocycles. The van der Waals surface area contributed by atoms with Gasteiger partial charge in [-0.05, 0) is 48.9 Å². The van der Waals surface area contributed by atoms with Crippen LogP contribution in [0.3, 0.4) is 0 Å². The fourth-order valence-corrected chi connectivity index (χ4v) is 4.90. The predicted octanol–water partition coefficient (Wildman–Crippen LogP) is 3.97. The molecule has 3 aromatic rings. The number of methoxy groups -OCH3 is 1. The lowest BCUT2D eigenvalue weighted by Crippen LogP contribution is -2.30. The topological polar surface area (TPSA) is 102 Å². The highest BCUT2D eigenvalue weighted by atomic mass is 16.5. The Morgan fingerprint density at radius 1 is 1.36 bits per heavy atom. The second kappa shape index (κ2) is 8.25. The fraction of sp³-hybridized carbons (Fsp3) is 0.440. The number of hydrogen-bond donors (Lipinski definition) is 1. The first-order chi connectivity index (χ1) is 15.9. The maximum absolute atomic E-state index is 11.6. The summed E-state index contributed by atoms with van der Waals surface area (Å²) in [6, 6.07) is 8.35. The van der Waals surface area contributed by atoms with Crippen LogP contribution in [0.15, 0.2) is 30.6 Å². The van der Waals surface area contributed by atoms with Crippen molar-refractivity contribution in [2.45, 2.75) is 44.6 Å². The molecule has 1 aliphatic heterocycles. The van der Waals surface area contributed by atoms with Crippen molar-refractivity contribution in [3.05, 3.63) is 47.4 Å². The fourth-order valence-electron chi connectivity index (χ4n) is 4.90. The van der Waals surface area contributed by atoms with E-state index < -0.39 is 5.60 Å². The Kier molecular flexibility index (Phi) is 5.39. The summed E-state index contributed by atoms with van der Waals surface area (Å²) in [5, 5.41) is 13.0. The number of nitrogens with zero attached hydrogens (tertiary/aromatic N) is 4. The maximum Gasteiger partial charge on any atom is 0.222 e. The zero-order valence-electron chi connectivity index (χ0n) is 19.1. The number of anilines is 1. The molecule has 1 N–H and O–H groups in total. The molecule has 1 amide bonds. The van der Waals surface area contributed by atoms with E-state index in [2.05, 4.69) is 33.2 Å². The van der Waals surface area contributed by atoms with Crippen LogP contribution < -0.4 is 5.32 Å². The van der Waals surface area contributed by atoms with Gasteiger partial charge in [-0.25, -0.2) is 9.97 Å². The molecule has 33 heavy (non-hydrogen) atoms. The van der Waals surface area contributed by atoms with E-state index in [-0.39, 0.29) is 11.8 Å². The first-order valence-corrected chi connectivity index (χ1v) is 11.2. The Hall–Kier alpha value is -3.28. The number of fused-ring (bicyclic) bond motifs is 1. The quantitative estimate of drug-likeness (QED) is 0.638. The molecule has 1 saturated carbocycles. The number of nitriles is 1. The minimum atomic E-state index is -0.552. The number of amides is 1. The molecule has 1 atom stereocenters. The molecule has 2 aliphatic rings. The third-order valence-corrected chi connectivity index (χ3v) is 6.83. The molecular weight excluding hydrogens is 418 g/mol. The van der Waals surface area contributed by atoms with Gasteiger partial charge in [-0.2, -0.15) is 5.26 Å². The average Bonchev–Trinajstić information content (AvgIpc) is 3.38. The molecule has 1 aliphatic carbocycles. The lowest BCUT2D eigenvalue weighted by atomic mass is 9.72. The van der Waals surface area contributed by atoms with Gasteiger partial charge in [0.2, 0.25) is 5.91 Å². The summed E-state index contributed by atoms with van der Waals surface area (Å²) in [5.41, 5.74) is 3.45. The Morgan fingerprint density at radius 2 is 2.18 bits per heavy atom. The molecule has 1 unspecified atom stereocenters. The summed E-state index contributed by atoms with van der Waals surface area (Å²) >= 11 is 0. The largest absolute Gasteiger partial charge is 0.378 e. The van der Waals surface area contributed by atoms with Gasteiger partial charge < -0.3 is 19.4 Å². The second-order valence-electron chi connectivity index (χ2n) is 9.11. The lowest BCUT2D eigenvalue weighted by molar-refractivity contribution is -0.114. The Morgan fingerprint density at radius 3 is 2.85 bits per heavy atom. The van der Waals surface area contributed by atoms with E-state index in [4.69, 9.17) is 14.5 Å². The Bertz CT molecular complexity index is 1260. The summed E-state index contributed by atoms with van der Waals surface area (Å²) in [4.78, 5) is 21.1. The standard InChI is InChI=1S/C25H27N5O3/c1-15-6-22(25(32-3)4-5-33-14-25)29-24(7-15)30-13-20(18-8-17(9-18)11-26)19-12-27-23(10-21(19)30)28-16(2)31/h6-7,10,12-13,17-18H,4-5,8-9,14H2,1-3H3,(H,27,28,31)/t17-,18+,25?. The molecule has 4 heterocycles. The van der Waals surface area contributed by atoms with Gasteiger partial charge in [0.25, 0.3) is 0 Å². The minimum Gasteiger partial charge on any atom is -0.378 e. The van der Waals surface area contributed by atoms with E-state index in [1.807, 2.05) is 25.3 Å². The highest BCUT2D eigenvalue weighted by Crippen LogP contribution is 2.45. The van der Waals surface area contributed by atoms with Crippen LogP contribution in [0.25, 0.3) is 16.7 Å². The molecule has 0 bridgehead atoms. The van der Waals surface area contributed by atoms with E-state index in [0.717, 1.165) is 52.8 Å². The van der Waals surface area contributed by atoms with Crippen LogP contribution in [0.1, 0.15) is 48.9 Å². The van der Waals surface area contributed by atoms with Crippen LogP contribution in [-0.4, -0.2) is 40.8 Å². The van der Waals surface area contributed by atoms with Crippen molar-refractivity contribution in [3.8, 4) is 11.9 Å². The number of carbonyl (C=O) groups excluding carboxylic acids is 1. The number of rotatable bonds is 5. The van der Waals surface area contributed by atoms with E-state index in [0.29, 0.717) is 24.9 Å². The van der Waals surface area contributed by atoms with E-state index in [1.165, 1.54) is 6.92 Å². The van der Waals surface area contributed by atoms with Gasteiger partial charge in [0, 0.05) is 56.8 Å². The molecular formula is C25H27N5O3.